The van der Waals surface area contributed by atoms with E-state index in [2.05, 4.69) is 20.2 Å². The molecular weight excluding hydrogens is 359 g/mol. The zero-order chi connectivity index (χ0) is 19.7. The third-order valence-corrected chi connectivity index (χ3v) is 4.69. The SMILES string of the molecule is Cc1ccc(-c2c(-c3ccc(F)cc3)ncn2CCc2n[nH]c(=O)n2C)cn1. The van der Waals surface area contributed by atoms with Gasteiger partial charge in [-0.2, -0.15) is 5.10 Å². The fraction of sp³-hybridized carbons (Fsp3) is 0.200. The molecule has 0 amide bonds. The summed E-state index contributed by atoms with van der Waals surface area (Å²) in [7, 11) is 1.68. The Morgan fingerprint density at radius 2 is 1.82 bits per heavy atom. The Bertz CT molecular complexity index is 1150. The van der Waals surface area contributed by atoms with Gasteiger partial charge < -0.3 is 4.57 Å². The van der Waals surface area contributed by atoms with Crippen LogP contribution in [0.2, 0.25) is 0 Å². The summed E-state index contributed by atoms with van der Waals surface area (Å²) in [6.07, 6.45) is 4.11. The van der Waals surface area contributed by atoms with Crippen LogP contribution in [0, 0.1) is 12.7 Å². The van der Waals surface area contributed by atoms with Gasteiger partial charge in [-0.1, -0.05) is 0 Å². The van der Waals surface area contributed by atoms with Crippen molar-refractivity contribution in [3.63, 3.8) is 0 Å². The van der Waals surface area contributed by atoms with Gasteiger partial charge in [-0.3, -0.25) is 9.55 Å². The number of aromatic nitrogens is 6. The lowest BCUT2D eigenvalue weighted by molar-refractivity contribution is 0.628. The van der Waals surface area contributed by atoms with Gasteiger partial charge in [-0.05, 0) is 43.3 Å². The van der Waals surface area contributed by atoms with Crippen molar-refractivity contribution >= 4 is 0 Å². The molecule has 4 rings (SSSR count). The Morgan fingerprint density at radius 1 is 1.07 bits per heavy atom. The van der Waals surface area contributed by atoms with Crippen molar-refractivity contribution in [2.24, 2.45) is 7.05 Å². The van der Waals surface area contributed by atoms with Crippen LogP contribution >= 0.6 is 0 Å². The number of aromatic amines is 1. The van der Waals surface area contributed by atoms with E-state index < -0.39 is 0 Å². The summed E-state index contributed by atoms with van der Waals surface area (Å²) in [5, 5.41) is 6.51. The summed E-state index contributed by atoms with van der Waals surface area (Å²) < 4.78 is 16.8. The van der Waals surface area contributed by atoms with Crippen LogP contribution in [0.25, 0.3) is 22.5 Å². The van der Waals surface area contributed by atoms with Gasteiger partial charge >= 0.3 is 5.69 Å². The van der Waals surface area contributed by atoms with Crippen LogP contribution in [0.3, 0.4) is 0 Å². The number of hydrogen-bond acceptors (Lipinski definition) is 4. The van der Waals surface area contributed by atoms with E-state index in [1.54, 1.807) is 31.7 Å². The molecule has 0 aliphatic rings. The Kier molecular flexibility index (Phi) is 4.60. The third-order valence-electron chi connectivity index (χ3n) is 4.69. The smallest absolute Gasteiger partial charge is 0.330 e. The minimum atomic E-state index is -0.291. The van der Waals surface area contributed by atoms with Crippen molar-refractivity contribution in [3.05, 3.63) is 76.7 Å². The minimum Gasteiger partial charge on any atom is -0.330 e. The number of aryl methyl sites for hydroxylation is 3. The second-order valence-electron chi connectivity index (χ2n) is 6.58. The van der Waals surface area contributed by atoms with Gasteiger partial charge in [-0.25, -0.2) is 19.3 Å². The number of rotatable bonds is 5. The maximum Gasteiger partial charge on any atom is 0.343 e. The van der Waals surface area contributed by atoms with Gasteiger partial charge in [0.1, 0.15) is 11.6 Å². The molecule has 0 fully saturated rings. The van der Waals surface area contributed by atoms with Crippen LogP contribution in [0.15, 0.2) is 53.7 Å². The minimum absolute atomic E-state index is 0.240. The van der Waals surface area contributed by atoms with E-state index >= 15 is 0 Å². The first kappa shape index (κ1) is 17.8. The second kappa shape index (κ2) is 7.22. The highest BCUT2D eigenvalue weighted by atomic mass is 19.1. The molecule has 8 heteroatoms. The summed E-state index contributed by atoms with van der Waals surface area (Å²) >= 11 is 0. The van der Waals surface area contributed by atoms with Crippen LogP contribution in [0.4, 0.5) is 4.39 Å². The van der Waals surface area contributed by atoms with E-state index in [0.717, 1.165) is 28.2 Å². The lowest BCUT2D eigenvalue weighted by Crippen LogP contribution is -2.15. The molecule has 1 aromatic carbocycles. The average molecular weight is 378 g/mol. The van der Waals surface area contributed by atoms with Gasteiger partial charge in [0.15, 0.2) is 0 Å². The third kappa shape index (κ3) is 3.36. The first-order chi connectivity index (χ1) is 13.5. The topological polar surface area (TPSA) is 81.4 Å². The monoisotopic (exact) mass is 378 g/mol. The molecule has 3 aromatic heterocycles. The number of nitrogens with one attached hydrogen (secondary N) is 1. The van der Waals surface area contributed by atoms with Gasteiger partial charge in [0.25, 0.3) is 0 Å². The van der Waals surface area contributed by atoms with Crippen molar-refractivity contribution < 1.29 is 4.39 Å². The number of pyridine rings is 1. The molecule has 7 nitrogen and oxygen atoms in total. The number of imidazole rings is 1. The van der Waals surface area contributed by atoms with E-state index in [1.165, 1.54) is 16.7 Å². The zero-order valence-corrected chi connectivity index (χ0v) is 15.6. The number of halogens is 1. The first-order valence-corrected chi connectivity index (χ1v) is 8.87. The lowest BCUT2D eigenvalue weighted by Gasteiger charge is -2.11. The molecule has 0 bridgehead atoms. The molecule has 3 heterocycles. The van der Waals surface area contributed by atoms with Crippen molar-refractivity contribution in [1.29, 1.82) is 0 Å². The summed E-state index contributed by atoms with van der Waals surface area (Å²) in [6, 6.07) is 10.2. The Labute approximate surface area is 160 Å². The zero-order valence-electron chi connectivity index (χ0n) is 15.6. The van der Waals surface area contributed by atoms with Crippen molar-refractivity contribution in [1.82, 2.24) is 29.3 Å². The van der Waals surface area contributed by atoms with Crippen LogP contribution in [0.5, 0.6) is 0 Å². The van der Waals surface area contributed by atoms with E-state index in [-0.39, 0.29) is 11.5 Å². The largest absolute Gasteiger partial charge is 0.343 e. The van der Waals surface area contributed by atoms with E-state index in [4.69, 9.17) is 0 Å². The highest BCUT2D eigenvalue weighted by Gasteiger charge is 2.16. The summed E-state index contributed by atoms with van der Waals surface area (Å²) in [5.41, 5.74) is 4.06. The van der Waals surface area contributed by atoms with Gasteiger partial charge in [0.2, 0.25) is 0 Å². The molecule has 0 aliphatic carbocycles. The van der Waals surface area contributed by atoms with E-state index in [9.17, 15) is 9.18 Å². The molecule has 28 heavy (non-hydrogen) atoms. The highest BCUT2D eigenvalue weighted by molar-refractivity contribution is 5.78. The van der Waals surface area contributed by atoms with Gasteiger partial charge in [-0.15, -0.1) is 0 Å². The van der Waals surface area contributed by atoms with Crippen LogP contribution in [-0.4, -0.2) is 29.3 Å². The molecule has 0 aliphatic heterocycles. The second-order valence-corrected chi connectivity index (χ2v) is 6.58. The fourth-order valence-electron chi connectivity index (χ4n) is 3.10. The Balaban J connectivity index is 1.75. The maximum absolute atomic E-state index is 13.4. The fourth-order valence-corrected chi connectivity index (χ4v) is 3.10. The van der Waals surface area contributed by atoms with Crippen molar-refractivity contribution in [3.8, 4) is 22.5 Å². The summed E-state index contributed by atoms with van der Waals surface area (Å²) in [6.45, 7) is 2.51. The number of benzene rings is 1. The number of H-pyrrole nitrogens is 1. The molecule has 4 aromatic rings. The molecule has 0 unspecified atom stereocenters. The van der Waals surface area contributed by atoms with E-state index in [0.29, 0.717) is 18.8 Å². The predicted molar refractivity (Wildman–Crippen MR) is 103 cm³/mol. The summed E-state index contributed by atoms with van der Waals surface area (Å²) in [5.74, 6) is 0.371. The Morgan fingerprint density at radius 3 is 2.46 bits per heavy atom. The molecule has 0 spiro atoms. The molecule has 1 N–H and O–H groups in total. The Hall–Kier alpha value is -3.55. The lowest BCUT2D eigenvalue weighted by atomic mass is 10.1. The predicted octanol–water partition coefficient (Wildman–Crippen LogP) is 2.72. The number of nitrogens with zero attached hydrogens (tertiary/aromatic N) is 5. The highest BCUT2D eigenvalue weighted by Crippen LogP contribution is 2.31. The van der Waals surface area contributed by atoms with Crippen LogP contribution < -0.4 is 5.69 Å². The van der Waals surface area contributed by atoms with E-state index in [1.807, 2.05) is 23.6 Å². The maximum atomic E-state index is 13.4. The molecule has 0 atom stereocenters. The standard InChI is InChI=1S/C20H19FN6O/c1-13-3-4-15(11-22-13)19-18(14-5-7-16(21)8-6-14)23-12-27(19)10-9-17-24-25-20(28)26(17)2/h3-8,11-12H,9-10H2,1-2H3,(H,25,28). The van der Waals surface area contributed by atoms with Crippen molar-refractivity contribution in [2.75, 3.05) is 0 Å². The van der Waals surface area contributed by atoms with Gasteiger partial charge in [0.05, 0.1) is 17.7 Å². The molecule has 0 saturated carbocycles. The number of hydrogen-bond donors (Lipinski definition) is 1. The molecule has 0 saturated heterocycles. The quantitative estimate of drug-likeness (QED) is 0.579. The van der Waals surface area contributed by atoms with Gasteiger partial charge in [0, 0.05) is 43.0 Å². The van der Waals surface area contributed by atoms with Crippen LogP contribution in [0.1, 0.15) is 11.5 Å². The molecule has 142 valence electrons. The molecular formula is C20H19FN6O. The normalized spacial score (nSPS) is 11.1. The molecule has 0 radical (unpaired) electrons. The summed E-state index contributed by atoms with van der Waals surface area (Å²) in [4.78, 5) is 20.5. The van der Waals surface area contributed by atoms with Crippen LogP contribution in [-0.2, 0) is 20.0 Å². The average Bonchev–Trinajstić information content (AvgIpc) is 3.25. The first-order valence-electron chi connectivity index (χ1n) is 8.87. The van der Waals surface area contributed by atoms with Crippen molar-refractivity contribution in [2.45, 2.75) is 19.9 Å².